The monoisotopic (exact) mass is 526 g/mol. The molecule has 1 aliphatic rings. The maximum Gasteiger partial charge on any atom is 0.416 e. The summed E-state index contributed by atoms with van der Waals surface area (Å²) >= 11 is 0. The minimum Gasteiger partial charge on any atom is -0.392 e. The number of nitrogens with zero attached hydrogens (tertiary/aromatic N) is 4. The quantitative estimate of drug-likeness (QED) is 0.335. The maximum absolute atomic E-state index is 13.3. The summed E-state index contributed by atoms with van der Waals surface area (Å²) in [7, 11) is 0. The first-order valence-corrected chi connectivity index (χ1v) is 12.0. The van der Waals surface area contributed by atoms with Crippen LogP contribution in [-0.2, 0) is 35.2 Å². The lowest BCUT2D eigenvalue weighted by Gasteiger charge is -2.28. The number of carbonyl (C=O) groups is 1. The van der Waals surface area contributed by atoms with Gasteiger partial charge in [-0.15, -0.1) is 0 Å². The van der Waals surface area contributed by atoms with Crippen molar-refractivity contribution in [2.45, 2.75) is 25.6 Å². The Bertz CT molecular complexity index is 1460. The zero-order valence-corrected chi connectivity index (χ0v) is 20.3. The molecule has 0 atom stereocenters. The number of carbonyl (C=O) groups excluding carboxylic acids is 1. The number of nitrogen functional groups attached to an aromatic ring is 1. The SMILES string of the molecule is Nc1n[nH]c2c(N3CCOCC3)nc(-c3ccc(CC(=O)Cc4ccc(CO)c(C(F)(F)F)c4)cc3)nc12. The Morgan fingerprint density at radius 3 is 2.42 bits per heavy atom. The van der Waals surface area contributed by atoms with E-state index in [1.807, 2.05) is 0 Å². The van der Waals surface area contributed by atoms with Gasteiger partial charge in [-0.05, 0) is 22.8 Å². The van der Waals surface area contributed by atoms with Crippen molar-refractivity contribution in [3.8, 4) is 11.4 Å². The van der Waals surface area contributed by atoms with Gasteiger partial charge in [-0.1, -0.05) is 36.4 Å². The number of benzene rings is 2. The van der Waals surface area contributed by atoms with E-state index in [4.69, 9.17) is 15.5 Å². The Balaban J connectivity index is 1.34. The van der Waals surface area contributed by atoms with Crippen LogP contribution in [0, 0.1) is 0 Å². The molecule has 4 aromatic rings. The Hall–Kier alpha value is -4.03. The molecule has 0 spiro atoms. The van der Waals surface area contributed by atoms with E-state index >= 15 is 0 Å². The number of ketones is 1. The molecule has 0 aliphatic carbocycles. The minimum absolute atomic E-state index is 0.0526. The van der Waals surface area contributed by atoms with Crippen LogP contribution in [0.5, 0.6) is 0 Å². The van der Waals surface area contributed by atoms with E-state index in [1.54, 1.807) is 24.3 Å². The summed E-state index contributed by atoms with van der Waals surface area (Å²) in [6, 6.07) is 10.7. The molecular formula is C26H25F3N6O3. The third-order valence-electron chi connectivity index (χ3n) is 6.40. The second-order valence-corrected chi connectivity index (χ2v) is 9.04. The Morgan fingerprint density at radius 2 is 1.74 bits per heavy atom. The predicted molar refractivity (Wildman–Crippen MR) is 134 cm³/mol. The number of aromatic nitrogens is 4. The number of nitrogens with one attached hydrogen (secondary N) is 1. The molecule has 38 heavy (non-hydrogen) atoms. The van der Waals surface area contributed by atoms with E-state index in [-0.39, 0.29) is 35.6 Å². The van der Waals surface area contributed by atoms with Gasteiger partial charge in [0.1, 0.15) is 16.8 Å². The average Bonchev–Trinajstić information content (AvgIpc) is 3.29. The van der Waals surface area contributed by atoms with Gasteiger partial charge in [-0.2, -0.15) is 18.3 Å². The van der Waals surface area contributed by atoms with Crippen LogP contribution in [0.3, 0.4) is 0 Å². The Labute approximate surface area is 215 Å². The first-order chi connectivity index (χ1) is 18.2. The minimum atomic E-state index is -4.61. The zero-order chi connectivity index (χ0) is 26.9. The number of Topliss-reactive ketones (excluding diaryl/α,β-unsaturated/α-hetero) is 1. The molecule has 198 valence electrons. The van der Waals surface area contributed by atoms with Crippen LogP contribution in [-0.4, -0.2) is 57.4 Å². The first-order valence-electron chi connectivity index (χ1n) is 12.0. The zero-order valence-electron chi connectivity index (χ0n) is 20.3. The van der Waals surface area contributed by atoms with Gasteiger partial charge in [0.05, 0.1) is 25.4 Å². The fourth-order valence-electron chi connectivity index (χ4n) is 4.46. The van der Waals surface area contributed by atoms with Crippen molar-refractivity contribution >= 4 is 28.5 Å². The lowest BCUT2D eigenvalue weighted by molar-refractivity contribution is -0.138. The van der Waals surface area contributed by atoms with E-state index in [9.17, 15) is 23.1 Å². The summed E-state index contributed by atoms with van der Waals surface area (Å²) in [6.45, 7) is 1.76. The fraction of sp³-hybridized carbons (Fsp3) is 0.308. The molecule has 1 saturated heterocycles. The summed E-state index contributed by atoms with van der Waals surface area (Å²) in [5.41, 5.74) is 7.70. The van der Waals surface area contributed by atoms with Crippen molar-refractivity contribution < 1.29 is 27.8 Å². The number of hydrogen-bond acceptors (Lipinski definition) is 8. The van der Waals surface area contributed by atoms with Crippen molar-refractivity contribution in [1.82, 2.24) is 20.2 Å². The summed E-state index contributed by atoms with van der Waals surface area (Å²) in [5.74, 6) is 1.16. The van der Waals surface area contributed by atoms with Gasteiger partial charge in [0.2, 0.25) is 0 Å². The summed E-state index contributed by atoms with van der Waals surface area (Å²) in [5, 5.41) is 16.2. The van der Waals surface area contributed by atoms with Crippen molar-refractivity contribution in [3.05, 3.63) is 64.7 Å². The van der Waals surface area contributed by atoms with Crippen LogP contribution in [0.15, 0.2) is 42.5 Å². The number of ether oxygens (including phenoxy) is 1. The van der Waals surface area contributed by atoms with Crippen molar-refractivity contribution in [3.63, 3.8) is 0 Å². The molecular weight excluding hydrogens is 501 g/mol. The summed E-state index contributed by atoms with van der Waals surface area (Å²) < 4.78 is 45.3. The van der Waals surface area contributed by atoms with E-state index < -0.39 is 18.3 Å². The molecule has 12 heteroatoms. The maximum atomic E-state index is 13.3. The average molecular weight is 527 g/mol. The number of fused-ring (bicyclic) bond motifs is 1. The molecule has 0 radical (unpaired) electrons. The lowest BCUT2D eigenvalue weighted by atomic mass is 9.98. The number of aliphatic hydroxyl groups excluding tert-OH is 1. The molecule has 3 heterocycles. The topological polar surface area (TPSA) is 130 Å². The van der Waals surface area contributed by atoms with Crippen LogP contribution < -0.4 is 10.6 Å². The first kappa shape index (κ1) is 25.6. The largest absolute Gasteiger partial charge is 0.416 e. The van der Waals surface area contributed by atoms with Gasteiger partial charge < -0.3 is 20.5 Å². The van der Waals surface area contributed by atoms with Gasteiger partial charge in [-0.25, -0.2) is 9.97 Å². The highest BCUT2D eigenvalue weighted by Crippen LogP contribution is 2.33. The lowest BCUT2D eigenvalue weighted by Crippen LogP contribution is -2.37. The summed E-state index contributed by atoms with van der Waals surface area (Å²) in [4.78, 5) is 24.1. The molecule has 5 rings (SSSR count). The Kier molecular flexibility index (Phi) is 7.00. The molecule has 4 N–H and O–H groups in total. The van der Waals surface area contributed by atoms with Gasteiger partial charge in [0.25, 0.3) is 0 Å². The van der Waals surface area contributed by atoms with Crippen molar-refractivity contribution in [2.75, 3.05) is 36.9 Å². The van der Waals surface area contributed by atoms with E-state index in [2.05, 4.69) is 20.1 Å². The van der Waals surface area contributed by atoms with Gasteiger partial charge >= 0.3 is 6.18 Å². The third kappa shape index (κ3) is 5.31. The predicted octanol–water partition coefficient (Wildman–Crippen LogP) is 3.30. The highest BCUT2D eigenvalue weighted by atomic mass is 19.4. The second-order valence-electron chi connectivity index (χ2n) is 9.04. The smallest absolute Gasteiger partial charge is 0.392 e. The molecule has 9 nitrogen and oxygen atoms in total. The number of anilines is 2. The summed E-state index contributed by atoms with van der Waals surface area (Å²) in [6.07, 6.45) is -4.71. The van der Waals surface area contributed by atoms with Crippen LogP contribution in [0.2, 0.25) is 0 Å². The van der Waals surface area contributed by atoms with Gasteiger partial charge in [0, 0.05) is 31.5 Å². The molecule has 0 saturated carbocycles. The second kappa shape index (κ2) is 10.4. The number of H-pyrrole nitrogens is 1. The highest BCUT2D eigenvalue weighted by molar-refractivity contribution is 5.94. The number of hydrogen-bond donors (Lipinski definition) is 3. The highest BCUT2D eigenvalue weighted by Gasteiger charge is 2.33. The number of nitrogens with two attached hydrogens (primary N) is 1. The molecule has 0 bridgehead atoms. The Morgan fingerprint density at radius 1 is 1.05 bits per heavy atom. The number of aliphatic hydroxyl groups is 1. The van der Waals surface area contributed by atoms with Crippen LogP contribution in [0.25, 0.3) is 22.4 Å². The normalized spacial score (nSPS) is 14.3. The number of aromatic amines is 1. The molecule has 0 unspecified atom stereocenters. The third-order valence-corrected chi connectivity index (χ3v) is 6.40. The van der Waals surface area contributed by atoms with E-state index in [0.29, 0.717) is 60.1 Å². The van der Waals surface area contributed by atoms with Gasteiger partial charge in [-0.3, -0.25) is 9.89 Å². The van der Waals surface area contributed by atoms with Crippen molar-refractivity contribution in [2.24, 2.45) is 0 Å². The van der Waals surface area contributed by atoms with Crippen molar-refractivity contribution in [1.29, 1.82) is 0 Å². The number of halogens is 3. The standard InChI is InChI=1S/C26H25F3N6O3/c27-26(28,29)20-13-16(3-6-18(20)14-36)12-19(37)11-15-1-4-17(5-2-15)24-31-21-22(33-34-23(21)30)25(32-24)35-7-9-38-10-8-35/h1-6,13,36H,7-12,14H2,(H3,30,33,34). The van der Waals surface area contributed by atoms with Gasteiger partial charge in [0.15, 0.2) is 17.5 Å². The fourth-order valence-corrected chi connectivity index (χ4v) is 4.46. The van der Waals surface area contributed by atoms with E-state index in [0.717, 1.165) is 6.07 Å². The van der Waals surface area contributed by atoms with Crippen LogP contribution in [0.1, 0.15) is 22.3 Å². The molecule has 0 amide bonds. The van der Waals surface area contributed by atoms with Crippen LogP contribution in [0.4, 0.5) is 24.8 Å². The number of morpholine rings is 1. The molecule has 1 fully saturated rings. The molecule has 1 aliphatic heterocycles. The molecule has 2 aromatic carbocycles. The number of alkyl halides is 3. The number of rotatable bonds is 7. The molecule has 2 aromatic heterocycles. The van der Waals surface area contributed by atoms with E-state index in [1.165, 1.54) is 12.1 Å². The van der Waals surface area contributed by atoms with Crippen LogP contribution >= 0.6 is 0 Å².